The largest absolute Gasteiger partial charge is 0.392 e. The van der Waals surface area contributed by atoms with Gasteiger partial charge in [0.25, 0.3) is 0 Å². The van der Waals surface area contributed by atoms with Crippen molar-refractivity contribution >= 4 is 11.6 Å². The highest BCUT2D eigenvalue weighted by atomic mass is 16.3. The van der Waals surface area contributed by atoms with Crippen LogP contribution < -0.4 is 10.6 Å². The number of aryl methyl sites for hydroxylation is 1. The SMILES string of the molecule is Cc1cccc(NC(=O)CNC(C)(C)C(C)O)c1. The Balaban J connectivity index is 2.48. The Hall–Kier alpha value is -1.39. The van der Waals surface area contributed by atoms with Crippen molar-refractivity contribution in [3.8, 4) is 0 Å². The van der Waals surface area contributed by atoms with Gasteiger partial charge < -0.3 is 15.7 Å². The lowest BCUT2D eigenvalue weighted by Crippen LogP contribution is -2.50. The Labute approximate surface area is 108 Å². The van der Waals surface area contributed by atoms with Crippen LogP contribution in [0.5, 0.6) is 0 Å². The van der Waals surface area contributed by atoms with Gasteiger partial charge >= 0.3 is 0 Å². The Bertz CT molecular complexity index is 414. The molecule has 0 fully saturated rings. The van der Waals surface area contributed by atoms with E-state index in [0.717, 1.165) is 11.3 Å². The van der Waals surface area contributed by atoms with E-state index < -0.39 is 11.6 Å². The van der Waals surface area contributed by atoms with Gasteiger partial charge in [0.15, 0.2) is 0 Å². The highest BCUT2D eigenvalue weighted by molar-refractivity contribution is 5.92. The zero-order valence-electron chi connectivity index (χ0n) is 11.4. The quantitative estimate of drug-likeness (QED) is 0.745. The molecule has 0 saturated carbocycles. The molecule has 1 unspecified atom stereocenters. The van der Waals surface area contributed by atoms with Gasteiger partial charge in [0.2, 0.25) is 5.91 Å². The molecule has 1 aromatic rings. The molecule has 0 radical (unpaired) electrons. The van der Waals surface area contributed by atoms with Crippen LogP contribution in [0.15, 0.2) is 24.3 Å². The summed E-state index contributed by atoms with van der Waals surface area (Å²) < 4.78 is 0. The molecule has 0 aliphatic carbocycles. The lowest BCUT2D eigenvalue weighted by Gasteiger charge is -2.29. The van der Waals surface area contributed by atoms with E-state index in [1.54, 1.807) is 6.92 Å². The van der Waals surface area contributed by atoms with Gasteiger partial charge in [-0.1, -0.05) is 12.1 Å². The molecule has 1 amide bonds. The van der Waals surface area contributed by atoms with E-state index in [4.69, 9.17) is 0 Å². The van der Waals surface area contributed by atoms with Crippen molar-refractivity contribution < 1.29 is 9.90 Å². The van der Waals surface area contributed by atoms with E-state index >= 15 is 0 Å². The average Bonchev–Trinajstić information content (AvgIpc) is 2.26. The number of anilines is 1. The van der Waals surface area contributed by atoms with Crippen molar-refractivity contribution in [1.29, 1.82) is 0 Å². The van der Waals surface area contributed by atoms with E-state index in [9.17, 15) is 9.90 Å². The first-order chi connectivity index (χ1) is 8.31. The van der Waals surface area contributed by atoms with Crippen LogP contribution in [0.3, 0.4) is 0 Å². The van der Waals surface area contributed by atoms with E-state index in [1.807, 2.05) is 45.0 Å². The second kappa shape index (κ2) is 5.98. The molecule has 0 aliphatic rings. The summed E-state index contributed by atoms with van der Waals surface area (Å²) in [6.45, 7) is 7.57. The van der Waals surface area contributed by atoms with Gasteiger partial charge in [-0.2, -0.15) is 0 Å². The second-order valence-electron chi connectivity index (χ2n) is 5.17. The van der Waals surface area contributed by atoms with Crippen molar-refractivity contribution in [2.45, 2.75) is 39.3 Å². The third-order valence-corrected chi connectivity index (χ3v) is 3.05. The van der Waals surface area contributed by atoms with Crippen LogP contribution >= 0.6 is 0 Å². The van der Waals surface area contributed by atoms with Crippen LogP contribution in [-0.2, 0) is 4.79 Å². The minimum Gasteiger partial charge on any atom is -0.392 e. The number of nitrogens with one attached hydrogen (secondary N) is 2. The molecular weight excluding hydrogens is 228 g/mol. The maximum absolute atomic E-state index is 11.7. The third kappa shape index (κ3) is 4.47. The molecular formula is C14H22N2O2. The maximum atomic E-state index is 11.7. The highest BCUT2D eigenvalue weighted by Gasteiger charge is 2.23. The molecule has 0 heterocycles. The lowest BCUT2D eigenvalue weighted by molar-refractivity contribution is -0.115. The fourth-order valence-electron chi connectivity index (χ4n) is 1.38. The summed E-state index contributed by atoms with van der Waals surface area (Å²) in [7, 11) is 0. The predicted octanol–water partition coefficient (Wildman–Crippen LogP) is 1.68. The van der Waals surface area contributed by atoms with Crippen molar-refractivity contribution in [2.24, 2.45) is 0 Å². The number of aliphatic hydroxyl groups is 1. The summed E-state index contributed by atoms with van der Waals surface area (Å²) in [4.78, 5) is 11.7. The molecule has 0 aliphatic heterocycles. The third-order valence-electron chi connectivity index (χ3n) is 3.05. The Kier molecular flexibility index (Phi) is 4.87. The van der Waals surface area contributed by atoms with Crippen LogP contribution in [0.25, 0.3) is 0 Å². The number of carbonyl (C=O) groups excluding carboxylic acids is 1. The molecule has 0 saturated heterocycles. The molecule has 1 atom stereocenters. The molecule has 1 aromatic carbocycles. The molecule has 0 bridgehead atoms. The Morgan fingerprint density at radius 2 is 2.11 bits per heavy atom. The number of hydrogen-bond donors (Lipinski definition) is 3. The molecule has 4 heteroatoms. The number of aliphatic hydroxyl groups excluding tert-OH is 1. The van der Waals surface area contributed by atoms with Gasteiger partial charge in [-0.3, -0.25) is 4.79 Å². The monoisotopic (exact) mass is 250 g/mol. The number of benzene rings is 1. The van der Waals surface area contributed by atoms with Crippen molar-refractivity contribution in [3.63, 3.8) is 0 Å². The summed E-state index contributed by atoms with van der Waals surface area (Å²) >= 11 is 0. The topological polar surface area (TPSA) is 61.4 Å². The van der Waals surface area contributed by atoms with Crippen molar-refractivity contribution in [2.75, 3.05) is 11.9 Å². The van der Waals surface area contributed by atoms with Crippen LogP contribution in [0, 0.1) is 6.92 Å². The van der Waals surface area contributed by atoms with Gasteiger partial charge in [-0.05, 0) is 45.4 Å². The van der Waals surface area contributed by atoms with Crippen molar-refractivity contribution in [1.82, 2.24) is 5.32 Å². The van der Waals surface area contributed by atoms with Gasteiger partial charge in [-0.15, -0.1) is 0 Å². The van der Waals surface area contributed by atoms with E-state index in [1.165, 1.54) is 0 Å². The minimum atomic E-state index is -0.524. The summed E-state index contributed by atoms with van der Waals surface area (Å²) in [6, 6.07) is 7.64. The standard InChI is InChI=1S/C14H22N2O2/c1-10-6-5-7-12(8-10)16-13(18)9-15-14(3,4)11(2)17/h5-8,11,15,17H,9H2,1-4H3,(H,16,18). The first-order valence-electron chi connectivity index (χ1n) is 6.11. The zero-order valence-corrected chi connectivity index (χ0v) is 11.4. The fraction of sp³-hybridized carbons (Fsp3) is 0.500. The second-order valence-corrected chi connectivity index (χ2v) is 5.17. The molecule has 0 spiro atoms. The normalized spacial score (nSPS) is 13.2. The summed E-state index contributed by atoms with van der Waals surface area (Å²) in [5, 5.41) is 15.4. The number of rotatable bonds is 5. The summed E-state index contributed by atoms with van der Waals surface area (Å²) in [6.07, 6.45) is -0.524. The first-order valence-corrected chi connectivity index (χ1v) is 6.11. The van der Waals surface area contributed by atoms with Gasteiger partial charge in [-0.25, -0.2) is 0 Å². The number of amides is 1. The number of hydrogen-bond acceptors (Lipinski definition) is 3. The molecule has 0 aromatic heterocycles. The summed E-state index contributed by atoms with van der Waals surface area (Å²) in [5.74, 6) is -0.116. The molecule has 100 valence electrons. The number of carbonyl (C=O) groups is 1. The zero-order chi connectivity index (χ0) is 13.8. The minimum absolute atomic E-state index is 0.116. The first kappa shape index (κ1) is 14.7. The smallest absolute Gasteiger partial charge is 0.238 e. The van der Waals surface area contributed by atoms with E-state index in [-0.39, 0.29) is 12.5 Å². The van der Waals surface area contributed by atoms with Crippen LogP contribution in [0.1, 0.15) is 26.3 Å². The van der Waals surface area contributed by atoms with E-state index in [0.29, 0.717) is 0 Å². The Morgan fingerprint density at radius 3 is 2.67 bits per heavy atom. The van der Waals surface area contributed by atoms with Crippen LogP contribution in [0.4, 0.5) is 5.69 Å². The molecule has 3 N–H and O–H groups in total. The fourth-order valence-corrected chi connectivity index (χ4v) is 1.38. The van der Waals surface area contributed by atoms with Gasteiger partial charge in [0.1, 0.15) is 0 Å². The van der Waals surface area contributed by atoms with E-state index in [2.05, 4.69) is 10.6 Å². The molecule has 18 heavy (non-hydrogen) atoms. The molecule has 4 nitrogen and oxygen atoms in total. The predicted molar refractivity (Wildman–Crippen MR) is 73.6 cm³/mol. The van der Waals surface area contributed by atoms with Gasteiger partial charge in [0, 0.05) is 11.2 Å². The maximum Gasteiger partial charge on any atom is 0.238 e. The lowest BCUT2D eigenvalue weighted by atomic mass is 9.99. The Morgan fingerprint density at radius 1 is 1.44 bits per heavy atom. The van der Waals surface area contributed by atoms with Gasteiger partial charge in [0.05, 0.1) is 12.6 Å². The summed E-state index contributed by atoms with van der Waals surface area (Å²) in [5.41, 5.74) is 1.41. The molecule has 1 rings (SSSR count). The average molecular weight is 250 g/mol. The highest BCUT2D eigenvalue weighted by Crippen LogP contribution is 2.10. The van der Waals surface area contributed by atoms with Crippen molar-refractivity contribution in [3.05, 3.63) is 29.8 Å². The van der Waals surface area contributed by atoms with Crippen LogP contribution in [-0.4, -0.2) is 29.2 Å². The van der Waals surface area contributed by atoms with Crippen LogP contribution in [0.2, 0.25) is 0 Å².